The minimum absolute atomic E-state index is 0.0323. The van der Waals surface area contributed by atoms with E-state index in [1.165, 1.54) is 9.80 Å². The van der Waals surface area contributed by atoms with Gasteiger partial charge in [-0.1, -0.05) is 0 Å². The van der Waals surface area contributed by atoms with Crippen LogP contribution in [0.3, 0.4) is 0 Å². The summed E-state index contributed by atoms with van der Waals surface area (Å²) in [5.41, 5.74) is 0. The Morgan fingerprint density at radius 1 is 0.609 bits per heavy atom. The molecular formula is C12H20N2O8Se. The van der Waals surface area contributed by atoms with Crippen LogP contribution in [0.4, 0.5) is 0 Å². The molecule has 0 unspecified atom stereocenters. The summed E-state index contributed by atoms with van der Waals surface area (Å²) in [6.07, 6.45) is 0. The van der Waals surface area contributed by atoms with Crippen molar-refractivity contribution in [1.82, 2.24) is 9.80 Å². The molecular weight excluding hydrogens is 379 g/mol. The van der Waals surface area contributed by atoms with Gasteiger partial charge in [0.1, 0.15) is 0 Å². The molecule has 0 radical (unpaired) electrons. The second kappa shape index (κ2) is 11.8. The fourth-order valence-corrected chi connectivity index (χ4v) is 3.74. The molecule has 132 valence electrons. The molecule has 0 saturated heterocycles. The number of carbonyl (C=O) groups is 4. The van der Waals surface area contributed by atoms with Gasteiger partial charge in [0.25, 0.3) is 0 Å². The molecule has 4 N–H and O–H groups in total. The first-order valence-electron chi connectivity index (χ1n) is 6.60. The Bertz CT molecular complexity index is 361. The van der Waals surface area contributed by atoms with E-state index in [4.69, 9.17) is 20.4 Å². The molecule has 0 aromatic heterocycles. The van der Waals surface area contributed by atoms with E-state index in [2.05, 4.69) is 0 Å². The Morgan fingerprint density at radius 3 is 1.09 bits per heavy atom. The van der Waals surface area contributed by atoms with Gasteiger partial charge in [-0.05, 0) is 0 Å². The normalized spacial score (nSPS) is 10.9. The topological polar surface area (TPSA) is 156 Å². The van der Waals surface area contributed by atoms with E-state index in [0.717, 1.165) is 0 Å². The summed E-state index contributed by atoms with van der Waals surface area (Å²) in [5.74, 6) is -4.42. The molecule has 0 amide bonds. The average Bonchev–Trinajstić information content (AvgIpc) is 2.34. The van der Waals surface area contributed by atoms with Crippen LogP contribution in [-0.2, 0) is 19.2 Å². The molecule has 0 atom stereocenters. The molecule has 0 aromatic rings. The number of hydrogen-bond acceptors (Lipinski definition) is 6. The summed E-state index contributed by atoms with van der Waals surface area (Å²) >= 11 is 0.0323. The fraction of sp³-hybridized carbons (Fsp3) is 0.667. The number of nitrogens with zero attached hydrogens (tertiary/aromatic N) is 2. The van der Waals surface area contributed by atoms with Crippen LogP contribution in [0.15, 0.2) is 0 Å². The summed E-state index contributed by atoms with van der Waals surface area (Å²) in [4.78, 5) is 45.1. The van der Waals surface area contributed by atoms with Gasteiger partial charge < -0.3 is 0 Å². The Labute approximate surface area is 138 Å². The number of rotatable bonds is 14. The van der Waals surface area contributed by atoms with Crippen molar-refractivity contribution in [2.45, 2.75) is 10.6 Å². The van der Waals surface area contributed by atoms with Gasteiger partial charge in [0.05, 0.1) is 0 Å². The molecule has 0 rings (SSSR count). The van der Waals surface area contributed by atoms with Gasteiger partial charge in [-0.2, -0.15) is 0 Å². The Balaban J connectivity index is 4.09. The summed E-state index contributed by atoms with van der Waals surface area (Å²) in [5, 5.41) is 36.0. The molecule has 11 heteroatoms. The third kappa shape index (κ3) is 13.7. The van der Waals surface area contributed by atoms with Gasteiger partial charge in [-0.25, -0.2) is 0 Å². The van der Waals surface area contributed by atoms with Crippen LogP contribution in [0.25, 0.3) is 0 Å². The molecule has 0 fully saturated rings. The predicted molar refractivity (Wildman–Crippen MR) is 78.8 cm³/mol. The van der Waals surface area contributed by atoms with E-state index in [0.29, 0.717) is 23.7 Å². The molecule has 0 bridgehead atoms. The first-order chi connectivity index (χ1) is 10.7. The maximum atomic E-state index is 10.6. The second-order valence-corrected chi connectivity index (χ2v) is 7.18. The third-order valence-electron chi connectivity index (χ3n) is 2.54. The summed E-state index contributed by atoms with van der Waals surface area (Å²) in [6.45, 7) is -0.787. The first-order valence-corrected chi connectivity index (χ1v) is 9.02. The molecule has 23 heavy (non-hydrogen) atoms. The summed E-state index contributed by atoms with van der Waals surface area (Å²) in [6, 6.07) is 0. The van der Waals surface area contributed by atoms with Crippen LogP contribution in [0.2, 0.25) is 10.6 Å². The molecule has 10 nitrogen and oxygen atoms in total. The molecule has 0 spiro atoms. The average molecular weight is 399 g/mol. The SMILES string of the molecule is O=C(O)CN(CC[Se]CCN(CC(=O)O)CC(=O)O)CC(=O)O. The van der Waals surface area contributed by atoms with E-state index >= 15 is 0 Å². The summed E-state index contributed by atoms with van der Waals surface area (Å²) < 4.78 is 0. The number of hydrogen-bond donors (Lipinski definition) is 4. The van der Waals surface area contributed by atoms with Gasteiger partial charge in [-0.15, -0.1) is 0 Å². The van der Waals surface area contributed by atoms with Crippen molar-refractivity contribution in [3.63, 3.8) is 0 Å². The maximum absolute atomic E-state index is 10.6. The van der Waals surface area contributed by atoms with Crippen molar-refractivity contribution in [2.75, 3.05) is 39.3 Å². The van der Waals surface area contributed by atoms with Gasteiger partial charge in [0.15, 0.2) is 0 Å². The van der Waals surface area contributed by atoms with Crippen LogP contribution in [0.5, 0.6) is 0 Å². The van der Waals surface area contributed by atoms with Crippen LogP contribution in [-0.4, -0.2) is 108 Å². The first kappa shape index (κ1) is 21.3. The quantitative estimate of drug-likeness (QED) is 0.200. The number of aliphatic carboxylic acids is 4. The zero-order valence-electron chi connectivity index (χ0n) is 12.4. The van der Waals surface area contributed by atoms with Gasteiger partial charge in [-0.3, -0.25) is 0 Å². The summed E-state index contributed by atoms with van der Waals surface area (Å²) in [7, 11) is 0. The number of carboxylic acid groups (broad SMARTS) is 4. The van der Waals surface area contributed by atoms with Crippen molar-refractivity contribution in [3.05, 3.63) is 0 Å². The third-order valence-corrected chi connectivity index (χ3v) is 4.52. The van der Waals surface area contributed by atoms with E-state index in [1.807, 2.05) is 0 Å². The molecule has 0 aliphatic heterocycles. The van der Waals surface area contributed by atoms with E-state index in [-0.39, 0.29) is 41.1 Å². The Kier molecular flexibility index (Phi) is 11.0. The monoisotopic (exact) mass is 400 g/mol. The van der Waals surface area contributed by atoms with Crippen LogP contribution >= 0.6 is 0 Å². The Morgan fingerprint density at radius 2 is 0.870 bits per heavy atom. The zero-order chi connectivity index (χ0) is 17.8. The van der Waals surface area contributed by atoms with Crippen molar-refractivity contribution in [1.29, 1.82) is 0 Å². The van der Waals surface area contributed by atoms with E-state index in [9.17, 15) is 19.2 Å². The van der Waals surface area contributed by atoms with Gasteiger partial charge in [0.2, 0.25) is 0 Å². The van der Waals surface area contributed by atoms with Crippen LogP contribution in [0, 0.1) is 0 Å². The van der Waals surface area contributed by atoms with E-state index in [1.54, 1.807) is 0 Å². The predicted octanol–water partition coefficient (Wildman–Crippen LogP) is -1.53. The van der Waals surface area contributed by atoms with E-state index < -0.39 is 23.9 Å². The van der Waals surface area contributed by atoms with Gasteiger partial charge in [0, 0.05) is 0 Å². The standard InChI is InChI=1S/C12H20N2O8Se/c15-9(16)5-13(6-10(17)18)1-3-23-4-2-14(7-11(19)20)8-12(21)22/h1-8H2,(H,15,16)(H,17,18)(H,19,20)(H,21,22). The van der Waals surface area contributed by atoms with Gasteiger partial charge >= 0.3 is 138 Å². The van der Waals surface area contributed by atoms with Crippen LogP contribution < -0.4 is 0 Å². The second-order valence-electron chi connectivity index (χ2n) is 4.61. The zero-order valence-corrected chi connectivity index (χ0v) is 14.1. The van der Waals surface area contributed by atoms with Crippen molar-refractivity contribution in [3.8, 4) is 0 Å². The molecule has 0 aliphatic rings. The van der Waals surface area contributed by atoms with Crippen LogP contribution in [0.1, 0.15) is 0 Å². The fourth-order valence-electron chi connectivity index (χ4n) is 1.68. The number of carboxylic acids is 4. The van der Waals surface area contributed by atoms with Crippen molar-refractivity contribution in [2.24, 2.45) is 0 Å². The molecule has 0 saturated carbocycles. The van der Waals surface area contributed by atoms with Crippen molar-refractivity contribution >= 4 is 38.8 Å². The van der Waals surface area contributed by atoms with Crippen molar-refractivity contribution < 1.29 is 39.6 Å². The Hall–Kier alpha value is -1.68. The molecule has 0 heterocycles. The molecule has 0 aromatic carbocycles. The molecule has 0 aliphatic carbocycles. The minimum atomic E-state index is -1.10.